The van der Waals surface area contributed by atoms with Crippen molar-refractivity contribution < 1.29 is 22.4 Å². The summed E-state index contributed by atoms with van der Waals surface area (Å²) in [5, 5.41) is 11.0. The molecule has 0 radical (unpaired) electrons. The number of alkyl halides is 3. The van der Waals surface area contributed by atoms with Crippen molar-refractivity contribution in [3.8, 4) is 11.5 Å². The van der Waals surface area contributed by atoms with Crippen LogP contribution in [0.1, 0.15) is 5.56 Å². The number of hydrogen-bond donors (Lipinski definition) is 1. The Hall–Kier alpha value is -2.72. The molecule has 0 saturated heterocycles. The van der Waals surface area contributed by atoms with Gasteiger partial charge in [0.05, 0.1) is 22.7 Å². The summed E-state index contributed by atoms with van der Waals surface area (Å²) in [4.78, 5) is 13.9. The molecule has 11 heteroatoms. The summed E-state index contributed by atoms with van der Waals surface area (Å²) in [6, 6.07) is 9.97. The quantitative estimate of drug-likeness (QED) is 0.514. The normalized spacial score (nSPS) is 11.4. The minimum atomic E-state index is -4.51. The van der Waals surface area contributed by atoms with Crippen molar-refractivity contribution in [2.24, 2.45) is 0 Å². The molecule has 0 atom stereocenters. The Morgan fingerprint density at radius 2 is 1.87 bits per heavy atom. The second-order valence-electron chi connectivity index (χ2n) is 6.34. The maximum Gasteiger partial charge on any atom is 0.416 e. The van der Waals surface area contributed by atoms with Crippen LogP contribution in [0.2, 0.25) is 5.02 Å². The molecule has 0 saturated carbocycles. The second kappa shape index (κ2) is 8.97. The Morgan fingerprint density at radius 1 is 1.17 bits per heavy atom. The van der Waals surface area contributed by atoms with Crippen molar-refractivity contribution in [3.63, 3.8) is 0 Å². The summed E-state index contributed by atoms with van der Waals surface area (Å²) in [7, 11) is 3.34. The molecule has 3 aromatic rings. The van der Waals surface area contributed by atoms with Crippen LogP contribution in [-0.4, -0.2) is 36.0 Å². The van der Waals surface area contributed by atoms with Crippen molar-refractivity contribution >= 4 is 40.6 Å². The average molecular weight is 457 g/mol. The van der Waals surface area contributed by atoms with Gasteiger partial charge in [0, 0.05) is 24.7 Å². The molecule has 0 aliphatic heterocycles. The van der Waals surface area contributed by atoms with E-state index in [2.05, 4.69) is 15.5 Å². The van der Waals surface area contributed by atoms with Crippen molar-refractivity contribution in [2.75, 3.05) is 30.1 Å². The number of rotatable bonds is 6. The highest BCUT2D eigenvalue weighted by atomic mass is 35.5. The third kappa shape index (κ3) is 5.45. The number of benzene rings is 2. The van der Waals surface area contributed by atoms with Gasteiger partial charge < -0.3 is 14.6 Å². The van der Waals surface area contributed by atoms with Gasteiger partial charge in [-0.3, -0.25) is 4.79 Å². The van der Waals surface area contributed by atoms with Crippen molar-refractivity contribution in [3.05, 3.63) is 53.1 Å². The number of hydrogen-bond acceptors (Lipinski definition) is 6. The number of anilines is 2. The standard InChI is InChI=1S/C19H16ClF3N4O2S/c1-27(2)15-8-5-12(19(21,22)23)9-14(15)24-16(28)10-30-18-26-25-17(29-18)11-3-6-13(20)7-4-11/h3-9H,10H2,1-2H3,(H,24,28). The lowest BCUT2D eigenvalue weighted by Gasteiger charge is -2.19. The molecule has 0 aliphatic carbocycles. The van der Waals surface area contributed by atoms with Gasteiger partial charge in [-0.1, -0.05) is 23.4 Å². The van der Waals surface area contributed by atoms with E-state index in [-0.39, 0.29) is 22.6 Å². The van der Waals surface area contributed by atoms with E-state index >= 15 is 0 Å². The molecule has 0 fully saturated rings. The molecule has 1 amide bonds. The van der Waals surface area contributed by atoms with Gasteiger partial charge in [-0.05, 0) is 42.5 Å². The van der Waals surface area contributed by atoms with Gasteiger partial charge in [-0.2, -0.15) is 13.2 Å². The third-order valence-electron chi connectivity index (χ3n) is 3.90. The van der Waals surface area contributed by atoms with Crippen LogP contribution in [0.15, 0.2) is 52.1 Å². The van der Waals surface area contributed by atoms with Crippen LogP contribution >= 0.6 is 23.4 Å². The highest BCUT2D eigenvalue weighted by Crippen LogP contribution is 2.35. The lowest BCUT2D eigenvalue weighted by Crippen LogP contribution is -2.19. The Balaban J connectivity index is 1.67. The van der Waals surface area contributed by atoms with E-state index in [1.165, 1.54) is 6.07 Å². The van der Waals surface area contributed by atoms with Gasteiger partial charge in [0.2, 0.25) is 11.8 Å². The topological polar surface area (TPSA) is 71.3 Å². The maximum atomic E-state index is 13.0. The van der Waals surface area contributed by atoms with Gasteiger partial charge >= 0.3 is 6.18 Å². The molecule has 0 unspecified atom stereocenters. The zero-order valence-electron chi connectivity index (χ0n) is 15.8. The summed E-state index contributed by atoms with van der Waals surface area (Å²) in [6.45, 7) is 0. The molecule has 158 valence electrons. The van der Waals surface area contributed by atoms with E-state index in [9.17, 15) is 18.0 Å². The fourth-order valence-electron chi connectivity index (χ4n) is 2.49. The van der Waals surface area contributed by atoms with Gasteiger partial charge in [0.15, 0.2) is 0 Å². The molecule has 6 nitrogen and oxygen atoms in total. The smallest absolute Gasteiger partial charge is 0.411 e. The Labute approximate surface area is 179 Å². The predicted octanol–water partition coefficient (Wildman–Crippen LogP) is 5.21. The molecule has 2 aromatic carbocycles. The molecule has 30 heavy (non-hydrogen) atoms. The molecule has 1 aromatic heterocycles. The lowest BCUT2D eigenvalue weighted by molar-refractivity contribution is -0.137. The number of aromatic nitrogens is 2. The van der Waals surface area contributed by atoms with E-state index in [1.807, 2.05) is 0 Å². The van der Waals surface area contributed by atoms with Crippen LogP contribution in [0.3, 0.4) is 0 Å². The van der Waals surface area contributed by atoms with Crippen LogP contribution in [0.5, 0.6) is 0 Å². The zero-order valence-corrected chi connectivity index (χ0v) is 17.4. The minimum absolute atomic E-state index is 0.0628. The van der Waals surface area contributed by atoms with Crippen molar-refractivity contribution in [2.45, 2.75) is 11.4 Å². The van der Waals surface area contributed by atoms with Crippen LogP contribution in [0.4, 0.5) is 24.5 Å². The summed E-state index contributed by atoms with van der Waals surface area (Å²) < 4.78 is 44.5. The van der Waals surface area contributed by atoms with Gasteiger partial charge in [0.1, 0.15) is 0 Å². The first kappa shape index (κ1) is 22.0. The summed E-state index contributed by atoms with van der Waals surface area (Å²) in [5.74, 6) is -0.359. The number of carbonyl (C=O) groups excluding carboxylic acids is 1. The van der Waals surface area contributed by atoms with E-state index in [4.69, 9.17) is 16.0 Å². The number of thioether (sulfide) groups is 1. The van der Waals surface area contributed by atoms with Crippen LogP contribution in [-0.2, 0) is 11.0 Å². The van der Waals surface area contributed by atoms with Gasteiger partial charge in [-0.25, -0.2) is 0 Å². The fraction of sp³-hybridized carbons (Fsp3) is 0.211. The Kier molecular flexibility index (Phi) is 6.57. The first-order valence-corrected chi connectivity index (χ1v) is 9.90. The van der Waals surface area contributed by atoms with Crippen molar-refractivity contribution in [1.29, 1.82) is 0 Å². The van der Waals surface area contributed by atoms with Crippen LogP contribution in [0, 0.1) is 0 Å². The number of halogens is 4. The van der Waals surface area contributed by atoms with Gasteiger partial charge in [-0.15, -0.1) is 10.2 Å². The molecule has 3 rings (SSSR count). The molecule has 0 bridgehead atoms. The Bertz CT molecular complexity index is 1040. The molecular formula is C19H16ClF3N4O2S. The van der Waals surface area contributed by atoms with Crippen LogP contribution in [0.25, 0.3) is 11.5 Å². The monoisotopic (exact) mass is 456 g/mol. The molecule has 1 N–H and O–H groups in total. The summed E-state index contributed by atoms with van der Waals surface area (Å²) in [6.07, 6.45) is -4.51. The van der Waals surface area contributed by atoms with E-state index in [1.54, 1.807) is 43.3 Å². The minimum Gasteiger partial charge on any atom is -0.411 e. The fourth-order valence-corrected chi connectivity index (χ4v) is 3.18. The Morgan fingerprint density at radius 3 is 2.50 bits per heavy atom. The van der Waals surface area contributed by atoms with Crippen LogP contribution < -0.4 is 10.2 Å². The number of carbonyl (C=O) groups is 1. The van der Waals surface area contributed by atoms with Gasteiger partial charge in [0.25, 0.3) is 5.22 Å². The van der Waals surface area contributed by atoms with E-state index in [0.717, 1.165) is 23.9 Å². The molecule has 0 aliphatic rings. The molecule has 0 spiro atoms. The van der Waals surface area contributed by atoms with E-state index < -0.39 is 17.6 Å². The molecular weight excluding hydrogens is 441 g/mol. The predicted molar refractivity (Wildman–Crippen MR) is 110 cm³/mol. The lowest BCUT2D eigenvalue weighted by atomic mass is 10.1. The summed E-state index contributed by atoms with van der Waals surface area (Å²) >= 11 is 6.82. The SMILES string of the molecule is CN(C)c1ccc(C(F)(F)F)cc1NC(=O)CSc1nnc(-c2ccc(Cl)cc2)o1. The third-order valence-corrected chi connectivity index (χ3v) is 4.97. The number of nitrogens with one attached hydrogen (secondary N) is 1. The first-order chi connectivity index (χ1) is 14.1. The first-order valence-electron chi connectivity index (χ1n) is 8.54. The average Bonchev–Trinajstić information content (AvgIpc) is 3.15. The number of amides is 1. The number of nitrogens with zero attached hydrogens (tertiary/aromatic N) is 3. The maximum absolute atomic E-state index is 13.0. The van der Waals surface area contributed by atoms with E-state index in [0.29, 0.717) is 16.3 Å². The zero-order chi connectivity index (χ0) is 21.9. The van der Waals surface area contributed by atoms with Crippen molar-refractivity contribution in [1.82, 2.24) is 10.2 Å². The highest BCUT2D eigenvalue weighted by Gasteiger charge is 2.31. The summed E-state index contributed by atoms with van der Waals surface area (Å²) in [5.41, 5.74) is 0.334. The second-order valence-corrected chi connectivity index (χ2v) is 7.70. The largest absolute Gasteiger partial charge is 0.416 e. The molecule has 1 heterocycles. The highest BCUT2D eigenvalue weighted by molar-refractivity contribution is 7.99.